The Morgan fingerprint density at radius 1 is 0.724 bits per heavy atom. The van der Waals surface area contributed by atoms with Crippen LogP contribution in [0.2, 0.25) is 20.1 Å². The molecule has 0 fully saturated rings. The van der Waals surface area contributed by atoms with Gasteiger partial charge in [-0.3, -0.25) is 4.55 Å². The molecule has 0 saturated heterocycles. The summed E-state index contributed by atoms with van der Waals surface area (Å²) < 4.78 is 34.0. The van der Waals surface area contributed by atoms with Crippen molar-refractivity contribution in [2.45, 2.75) is 4.75 Å². The maximum Gasteiger partial charge on any atom is 0.283 e. The Balaban J connectivity index is 2.57. The van der Waals surface area contributed by atoms with Crippen molar-refractivity contribution >= 4 is 56.5 Å². The molecule has 3 aromatic carbocycles. The van der Waals surface area contributed by atoms with Crippen molar-refractivity contribution in [2.75, 3.05) is 0 Å². The van der Waals surface area contributed by atoms with Gasteiger partial charge in [-0.05, 0) is 41.5 Å². The standard InChI is InChI=1S/C19H12Cl4O5S/c20-12-5-1-10(2-6-12)19(29(26,27)28,11-3-7-13(21)8-4-11)14-9-15(22)17(24)18(25)16(14)23/h1-9,24-25H,(H,26,27,28). The van der Waals surface area contributed by atoms with E-state index in [1.165, 1.54) is 48.5 Å². The maximum atomic E-state index is 12.9. The molecule has 0 aliphatic heterocycles. The van der Waals surface area contributed by atoms with Crippen LogP contribution in [0.3, 0.4) is 0 Å². The lowest BCUT2D eigenvalue weighted by molar-refractivity contribution is 0.402. The van der Waals surface area contributed by atoms with Gasteiger partial charge in [0.2, 0.25) is 0 Å². The Morgan fingerprint density at radius 3 is 1.52 bits per heavy atom. The second-order valence-corrected chi connectivity index (χ2v) is 9.31. The van der Waals surface area contributed by atoms with Crippen LogP contribution in [-0.2, 0) is 14.9 Å². The Hall–Kier alpha value is -1.67. The monoisotopic (exact) mass is 492 g/mol. The van der Waals surface area contributed by atoms with Crippen LogP contribution in [0.1, 0.15) is 16.7 Å². The van der Waals surface area contributed by atoms with E-state index in [1.54, 1.807) is 0 Å². The summed E-state index contributed by atoms with van der Waals surface area (Å²) in [6.07, 6.45) is 0. The Labute approximate surface area is 186 Å². The number of halogens is 4. The molecule has 0 unspecified atom stereocenters. The number of benzene rings is 3. The molecule has 3 N–H and O–H groups in total. The lowest BCUT2D eigenvalue weighted by Crippen LogP contribution is -2.38. The van der Waals surface area contributed by atoms with Crippen molar-refractivity contribution in [1.82, 2.24) is 0 Å². The largest absolute Gasteiger partial charge is 0.503 e. The number of rotatable bonds is 4. The molecule has 3 aromatic rings. The average Bonchev–Trinajstić information content (AvgIpc) is 2.66. The second kappa shape index (κ2) is 7.87. The Morgan fingerprint density at radius 2 is 1.14 bits per heavy atom. The van der Waals surface area contributed by atoms with Crippen LogP contribution in [0.15, 0.2) is 54.6 Å². The van der Waals surface area contributed by atoms with E-state index in [0.29, 0.717) is 10.0 Å². The molecular formula is C19H12Cl4O5S. The number of hydrogen-bond acceptors (Lipinski definition) is 4. The lowest BCUT2D eigenvalue weighted by Gasteiger charge is -2.33. The second-order valence-electron chi connectivity index (χ2n) is 6.09. The van der Waals surface area contributed by atoms with Crippen LogP contribution in [0.4, 0.5) is 0 Å². The zero-order valence-corrected chi connectivity index (χ0v) is 18.1. The van der Waals surface area contributed by atoms with E-state index in [-0.39, 0.29) is 21.7 Å². The average molecular weight is 494 g/mol. The molecule has 152 valence electrons. The van der Waals surface area contributed by atoms with E-state index in [1.807, 2.05) is 0 Å². The summed E-state index contributed by atoms with van der Waals surface area (Å²) in [5, 5.41) is 19.9. The van der Waals surface area contributed by atoms with Crippen LogP contribution in [0.5, 0.6) is 11.5 Å². The van der Waals surface area contributed by atoms with Gasteiger partial charge in [0.1, 0.15) is 0 Å². The van der Waals surface area contributed by atoms with E-state index in [4.69, 9.17) is 46.4 Å². The maximum absolute atomic E-state index is 12.9. The van der Waals surface area contributed by atoms with Gasteiger partial charge in [-0.1, -0.05) is 70.7 Å². The van der Waals surface area contributed by atoms with Gasteiger partial charge in [-0.2, -0.15) is 8.42 Å². The molecule has 0 aromatic heterocycles. The van der Waals surface area contributed by atoms with Gasteiger partial charge in [0.25, 0.3) is 10.1 Å². The smallest absolute Gasteiger partial charge is 0.283 e. The molecule has 5 nitrogen and oxygen atoms in total. The Bertz CT molecular complexity index is 1130. The first-order valence-corrected chi connectivity index (χ1v) is 10.8. The lowest BCUT2D eigenvalue weighted by atomic mass is 9.83. The molecule has 10 heteroatoms. The van der Waals surface area contributed by atoms with Crippen molar-refractivity contribution in [2.24, 2.45) is 0 Å². The zero-order valence-electron chi connectivity index (χ0n) is 14.3. The van der Waals surface area contributed by atoms with E-state index >= 15 is 0 Å². The van der Waals surface area contributed by atoms with Crippen LogP contribution in [0.25, 0.3) is 0 Å². The number of phenols is 2. The highest BCUT2D eigenvalue weighted by molar-refractivity contribution is 7.87. The summed E-state index contributed by atoms with van der Waals surface area (Å²) in [6.45, 7) is 0. The third kappa shape index (κ3) is 3.65. The Kier molecular flexibility index (Phi) is 5.98. The summed E-state index contributed by atoms with van der Waals surface area (Å²) in [4.78, 5) is 0. The molecule has 0 heterocycles. The van der Waals surface area contributed by atoms with Gasteiger partial charge in [-0.25, -0.2) is 0 Å². The molecule has 0 aliphatic rings. The van der Waals surface area contributed by atoms with Crippen molar-refractivity contribution in [3.63, 3.8) is 0 Å². The summed E-state index contributed by atoms with van der Waals surface area (Å²) in [5.41, 5.74) is -0.142. The highest BCUT2D eigenvalue weighted by atomic mass is 35.5. The van der Waals surface area contributed by atoms with Gasteiger partial charge < -0.3 is 10.2 Å². The molecule has 29 heavy (non-hydrogen) atoms. The summed E-state index contributed by atoms with van der Waals surface area (Å²) in [7, 11) is -5.00. The van der Waals surface area contributed by atoms with Crippen molar-refractivity contribution in [1.29, 1.82) is 0 Å². The van der Waals surface area contributed by atoms with Crippen LogP contribution >= 0.6 is 46.4 Å². The first-order chi connectivity index (χ1) is 13.5. The van der Waals surface area contributed by atoms with Crippen LogP contribution < -0.4 is 0 Å². The minimum atomic E-state index is -5.00. The predicted molar refractivity (Wildman–Crippen MR) is 114 cm³/mol. The molecular weight excluding hydrogens is 482 g/mol. The fourth-order valence-electron chi connectivity index (χ4n) is 3.14. The van der Waals surface area contributed by atoms with Gasteiger partial charge >= 0.3 is 0 Å². The number of phenolic OH excluding ortho intramolecular Hbond substituents is 2. The fourth-order valence-corrected chi connectivity index (χ4v) is 5.24. The molecule has 0 aliphatic carbocycles. The molecule has 0 amide bonds. The molecule has 0 atom stereocenters. The molecule has 0 saturated carbocycles. The molecule has 3 rings (SSSR count). The van der Waals surface area contributed by atoms with Crippen LogP contribution in [-0.4, -0.2) is 23.2 Å². The summed E-state index contributed by atoms with van der Waals surface area (Å²) >= 11 is 24.1. The van der Waals surface area contributed by atoms with Crippen molar-refractivity contribution in [3.8, 4) is 11.5 Å². The van der Waals surface area contributed by atoms with Gasteiger partial charge in [0, 0.05) is 15.6 Å². The van der Waals surface area contributed by atoms with E-state index in [0.717, 1.165) is 6.07 Å². The minimum Gasteiger partial charge on any atom is -0.503 e. The van der Waals surface area contributed by atoms with E-state index < -0.39 is 31.4 Å². The van der Waals surface area contributed by atoms with Gasteiger partial charge in [-0.15, -0.1) is 0 Å². The first-order valence-electron chi connectivity index (χ1n) is 7.89. The fraction of sp³-hybridized carbons (Fsp3) is 0.0526. The quantitative estimate of drug-likeness (QED) is 0.239. The van der Waals surface area contributed by atoms with Crippen molar-refractivity contribution in [3.05, 3.63) is 91.4 Å². The minimum absolute atomic E-state index is 0.0646. The molecule has 0 spiro atoms. The van der Waals surface area contributed by atoms with Crippen molar-refractivity contribution < 1.29 is 23.2 Å². The predicted octanol–water partition coefficient (Wildman–Crippen LogP) is 5.89. The first kappa shape index (κ1) is 22.0. The zero-order chi connectivity index (χ0) is 21.6. The summed E-state index contributed by atoms with van der Waals surface area (Å²) in [5.74, 6) is -1.55. The third-order valence-corrected chi connectivity index (χ3v) is 7.07. The van der Waals surface area contributed by atoms with Crippen LogP contribution in [0, 0.1) is 0 Å². The summed E-state index contributed by atoms with van der Waals surface area (Å²) in [6, 6.07) is 12.3. The molecule has 0 radical (unpaired) electrons. The van der Waals surface area contributed by atoms with E-state index in [9.17, 15) is 23.2 Å². The number of aromatic hydroxyl groups is 2. The highest BCUT2D eigenvalue weighted by Crippen LogP contribution is 2.52. The molecule has 0 bridgehead atoms. The number of hydrogen-bond donors (Lipinski definition) is 3. The van der Waals surface area contributed by atoms with E-state index in [2.05, 4.69) is 0 Å². The van der Waals surface area contributed by atoms with Gasteiger partial charge in [0.15, 0.2) is 16.2 Å². The topological polar surface area (TPSA) is 94.8 Å². The van der Waals surface area contributed by atoms with Gasteiger partial charge in [0.05, 0.1) is 10.0 Å². The SMILES string of the molecule is O=S(=O)(O)C(c1ccc(Cl)cc1)(c1ccc(Cl)cc1)c1cc(Cl)c(O)c(O)c1Cl. The third-order valence-electron chi connectivity index (χ3n) is 4.43. The normalized spacial score (nSPS) is 12.2. The highest BCUT2D eigenvalue weighted by Gasteiger charge is 2.50.